The van der Waals surface area contributed by atoms with E-state index in [1.54, 1.807) is 6.07 Å². The second-order valence-electron chi connectivity index (χ2n) is 3.80. The lowest BCUT2D eigenvalue weighted by Gasteiger charge is -2.01. The van der Waals surface area contributed by atoms with E-state index in [1.165, 1.54) is 12.1 Å². The Labute approximate surface area is 117 Å². The molecule has 0 fully saturated rings. The first-order valence-electron chi connectivity index (χ1n) is 5.22. The van der Waals surface area contributed by atoms with Gasteiger partial charge in [-0.2, -0.15) is 0 Å². The standard InChI is InChI=1S/C10H4BrN5O4/c11-5-1-4-2-6(9-12-14-15-13-9)10(17)20-8(4)7(3-5)16(18)19/h1-3H,(H,12,13,14,15). The molecule has 0 atom stereocenters. The normalized spacial score (nSPS) is 10.8. The van der Waals surface area contributed by atoms with Crippen molar-refractivity contribution in [2.24, 2.45) is 0 Å². The average molecular weight is 338 g/mol. The minimum Gasteiger partial charge on any atom is -0.415 e. The Bertz CT molecular complexity index is 873. The Balaban J connectivity index is 2.37. The molecule has 1 aromatic carbocycles. The lowest BCUT2D eigenvalue weighted by Crippen LogP contribution is -2.05. The Morgan fingerprint density at radius 2 is 2.15 bits per heavy atom. The maximum absolute atomic E-state index is 11.9. The summed E-state index contributed by atoms with van der Waals surface area (Å²) < 4.78 is 5.52. The predicted octanol–water partition coefficient (Wildman–Crippen LogP) is 1.64. The third-order valence-corrected chi connectivity index (χ3v) is 3.03. The van der Waals surface area contributed by atoms with E-state index in [2.05, 4.69) is 36.6 Å². The first kappa shape index (κ1) is 12.4. The molecule has 2 aromatic heterocycles. The molecule has 0 saturated carbocycles. The number of non-ortho nitro benzene ring substituents is 1. The van der Waals surface area contributed by atoms with Crippen molar-refractivity contribution in [3.63, 3.8) is 0 Å². The fourth-order valence-electron chi connectivity index (χ4n) is 1.75. The second-order valence-corrected chi connectivity index (χ2v) is 4.71. The van der Waals surface area contributed by atoms with Crippen molar-refractivity contribution in [2.45, 2.75) is 0 Å². The SMILES string of the molecule is O=c1oc2c([N+](=O)[O-])cc(Br)cc2cc1-c1nnn[nH]1. The number of nitrogens with zero attached hydrogens (tertiary/aromatic N) is 4. The van der Waals surface area contributed by atoms with Gasteiger partial charge in [0.25, 0.3) is 0 Å². The summed E-state index contributed by atoms with van der Waals surface area (Å²) in [6.45, 7) is 0. The Hall–Kier alpha value is -2.62. The van der Waals surface area contributed by atoms with Gasteiger partial charge >= 0.3 is 11.3 Å². The van der Waals surface area contributed by atoms with Crippen LogP contribution in [0.15, 0.2) is 31.9 Å². The summed E-state index contributed by atoms with van der Waals surface area (Å²) in [6.07, 6.45) is 0. The van der Waals surface area contributed by atoms with Crippen LogP contribution < -0.4 is 5.63 Å². The maximum atomic E-state index is 11.9. The number of nitro benzene ring substituents is 1. The van der Waals surface area contributed by atoms with Gasteiger partial charge in [-0.15, -0.1) is 5.10 Å². The van der Waals surface area contributed by atoms with E-state index in [4.69, 9.17) is 4.42 Å². The number of rotatable bonds is 2. The summed E-state index contributed by atoms with van der Waals surface area (Å²) in [4.78, 5) is 22.2. The molecule has 3 aromatic rings. The minimum absolute atomic E-state index is 0.0925. The van der Waals surface area contributed by atoms with Gasteiger partial charge in [0.15, 0.2) is 5.82 Å². The van der Waals surface area contributed by atoms with Crippen molar-refractivity contribution >= 4 is 32.6 Å². The van der Waals surface area contributed by atoms with Crippen molar-refractivity contribution in [1.82, 2.24) is 20.6 Å². The van der Waals surface area contributed by atoms with Gasteiger partial charge in [0.1, 0.15) is 5.56 Å². The highest BCUT2D eigenvalue weighted by molar-refractivity contribution is 9.10. The number of benzene rings is 1. The third kappa shape index (κ3) is 1.95. The molecular weight excluding hydrogens is 334 g/mol. The summed E-state index contributed by atoms with van der Waals surface area (Å²) >= 11 is 3.17. The lowest BCUT2D eigenvalue weighted by atomic mass is 10.1. The third-order valence-electron chi connectivity index (χ3n) is 2.57. The zero-order valence-corrected chi connectivity index (χ0v) is 11.1. The van der Waals surface area contributed by atoms with Crippen molar-refractivity contribution in [3.05, 3.63) is 43.2 Å². The van der Waals surface area contributed by atoms with Crippen LogP contribution in [0.1, 0.15) is 0 Å². The molecule has 2 heterocycles. The number of H-pyrrole nitrogens is 1. The average Bonchev–Trinajstić information content (AvgIpc) is 2.91. The zero-order valence-electron chi connectivity index (χ0n) is 9.53. The van der Waals surface area contributed by atoms with Gasteiger partial charge in [-0.25, -0.2) is 9.89 Å². The van der Waals surface area contributed by atoms with Gasteiger partial charge < -0.3 is 4.42 Å². The van der Waals surface area contributed by atoms with E-state index >= 15 is 0 Å². The lowest BCUT2D eigenvalue weighted by molar-refractivity contribution is -0.383. The molecule has 0 unspecified atom stereocenters. The first-order chi connectivity index (χ1) is 9.56. The van der Waals surface area contributed by atoms with E-state index in [-0.39, 0.29) is 22.7 Å². The van der Waals surface area contributed by atoms with E-state index in [0.29, 0.717) is 9.86 Å². The van der Waals surface area contributed by atoms with Crippen LogP contribution in [0.3, 0.4) is 0 Å². The molecule has 9 nitrogen and oxygen atoms in total. The molecule has 0 bridgehead atoms. The number of hydrogen-bond acceptors (Lipinski definition) is 7. The highest BCUT2D eigenvalue weighted by Crippen LogP contribution is 2.30. The van der Waals surface area contributed by atoms with Crippen LogP contribution in [0.25, 0.3) is 22.4 Å². The number of tetrazole rings is 1. The van der Waals surface area contributed by atoms with Crippen molar-refractivity contribution in [2.75, 3.05) is 0 Å². The maximum Gasteiger partial charge on any atom is 0.347 e. The van der Waals surface area contributed by atoms with Crippen molar-refractivity contribution < 1.29 is 9.34 Å². The summed E-state index contributed by atoms with van der Waals surface area (Å²) in [5.41, 5.74) is -1.07. The Morgan fingerprint density at radius 1 is 1.35 bits per heavy atom. The number of aromatic amines is 1. The first-order valence-corrected chi connectivity index (χ1v) is 6.01. The topological polar surface area (TPSA) is 128 Å². The molecule has 0 radical (unpaired) electrons. The van der Waals surface area contributed by atoms with Gasteiger partial charge in [-0.1, -0.05) is 15.9 Å². The van der Waals surface area contributed by atoms with E-state index in [0.717, 1.165) is 0 Å². The second kappa shape index (κ2) is 4.49. The molecule has 0 spiro atoms. The van der Waals surface area contributed by atoms with Crippen molar-refractivity contribution in [1.29, 1.82) is 0 Å². The largest absolute Gasteiger partial charge is 0.415 e. The predicted molar refractivity (Wildman–Crippen MR) is 70.0 cm³/mol. The highest BCUT2D eigenvalue weighted by Gasteiger charge is 2.19. The van der Waals surface area contributed by atoms with E-state index in [9.17, 15) is 14.9 Å². The van der Waals surface area contributed by atoms with E-state index in [1.807, 2.05) is 0 Å². The van der Waals surface area contributed by atoms with Gasteiger partial charge in [-0.3, -0.25) is 10.1 Å². The number of nitro groups is 1. The van der Waals surface area contributed by atoms with E-state index < -0.39 is 10.5 Å². The van der Waals surface area contributed by atoms with Crippen LogP contribution in [0.2, 0.25) is 0 Å². The molecule has 20 heavy (non-hydrogen) atoms. The fraction of sp³-hybridized carbons (Fsp3) is 0. The summed E-state index contributed by atoms with van der Waals surface area (Å²) in [5.74, 6) is 0.128. The number of nitrogens with one attached hydrogen (secondary N) is 1. The number of halogens is 1. The van der Waals surface area contributed by atoms with Crippen LogP contribution >= 0.6 is 15.9 Å². The minimum atomic E-state index is -0.763. The fourth-order valence-corrected chi connectivity index (χ4v) is 2.22. The quantitative estimate of drug-likeness (QED) is 0.427. The van der Waals surface area contributed by atoms with Gasteiger partial charge in [0.2, 0.25) is 5.58 Å². The van der Waals surface area contributed by atoms with Crippen LogP contribution in [0.4, 0.5) is 5.69 Å². The molecule has 0 aliphatic rings. The van der Waals surface area contributed by atoms with Crippen LogP contribution in [-0.4, -0.2) is 25.5 Å². The van der Waals surface area contributed by atoms with Gasteiger partial charge in [-0.05, 0) is 22.6 Å². The van der Waals surface area contributed by atoms with Crippen LogP contribution in [0, 0.1) is 10.1 Å². The Kier molecular flexibility index (Phi) is 2.79. The smallest absolute Gasteiger partial charge is 0.347 e. The van der Waals surface area contributed by atoms with Crippen LogP contribution in [-0.2, 0) is 0 Å². The summed E-state index contributed by atoms with van der Waals surface area (Å²) in [6, 6.07) is 4.29. The molecule has 0 amide bonds. The molecule has 100 valence electrons. The number of fused-ring (bicyclic) bond motifs is 1. The highest BCUT2D eigenvalue weighted by atomic mass is 79.9. The monoisotopic (exact) mass is 337 g/mol. The molecule has 3 rings (SSSR count). The number of aromatic nitrogens is 4. The Morgan fingerprint density at radius 3 is 2.80 bits per heavy atom. The summed E-state index contributed by atoms with van der Waals surface area (Å²) in [7, 11) is 0. The summed E-state index contributed by atoms with van der Waals surface area (Å²) in [5, 5.41) is 24.1. The van der Waals surface area contributed by atoms with Gasteiger partial charge in [0, 0.05) is 15.9 Å². The molecule has 0 aliphatic heterocycles. The molecule has 10 heteroatoms. The molecule has 1 N–H and O–H groups in total. The van der Waals surface area contributed by atoms with Crippen LogP contribution in [0.5, 0.6) is 0 Å². The molecule has 0 aliphatic carbocycles. The van der Waals surface area contributed by atoms with Crippen molar-refractivity contribution in [3.8, 4) is 11.4 Å². The number of hydrogen-bond donors (Lipinski definition) is 1. The molecule has 0 saturated heterocycles. The molecular formula is C10H4BrN5O4. The zero-order chi connectivity index (χ0) is 14.3. The van der Waals surface area contributed by atoms with Gasteiger partial charge in [0.05, 0.1) is 4.92 Å².